The van der Waals surface area contributed by atoms with Crippen molar-refractivity contribution < 1.29 is 0 Å². The number of benzene rings is 8. The molecule has 0 amide bonds. The maximum absolute atomic E-state index is 2.45. The fraction of sp³-hybridized carbons (Fsp3) is 0. The average molecular weight is 602 g/mol. The van der Waals surface area contributed by atoms with Crippen LogP contribution in [0.15, 0.2) is 174 Å². The van der Waals surface area contributed by atoms with Crippen LogP contribution < -0.4 is 0 Å². The lowest BCUT2D eigenvalue weighted by molar-refractivity contribution is 1.18. The summed E-state index contributed by atoms with van der Waals surface area (Å²) >= 11 is 1.88. The summed E-state index contributed by atoms with van der Waals surface area (Å²) in [5, 5.41) is 7.71. The van der Waals surface area contributed by atoms with E-state index in [1.165, 1.54) is 92.2 Å². The molecule has 0 saturated carbocycles. The van der Waals surface area contributed by atoms with Crippen molar-refractivity contribution in [3.8, 4) is 39.1 Å². The van der Waals surface area contributed by atoms with E-state index in [1.54, 1.807) is 0 Å². The van der Waals surface area contributed by atoms with Crippen molar-refractivity contribution in [2.24, 2.45) is 0 Å². The van der Waals surface area contributed by atoms with E-state index in [-0.39, 0.29) is 0 Å². The van der Waals surface area contributed by atoms with Crippen molar-refractivity contribution in [2.45, 2.75) is 9.79 Å². The standard InChI is InChI=1S/C44H27NS/c1-2-15-31(16-3-1)45-39-22-8-6-18-34(39)38-27-29-12-4-5-17-33(29)42(44(38)45)30-14-10-13-28(26-30)32-24-25-41-43-36(32)20-11-21-37(43)35-19-7-9-23-40(35)46-41/h1-27H. The Bertz CT molecular complexity index is 2660. The zero-order valence-corrected chi connectivity index (χ0v) is 25.8. The molecule has 0 spiro atoms. The Balaban J connectivity index is 1.27. The summed E-state index contributed by atoms with van der Waals surface area (Å²) in [6.07, 6.45) is 0. The number of rotatable bonds is 3. The van der Waals surface area contributed by atoms with Crippen LogP contribution in [0.25, 0.3) is 82.4 Å². The first-order chi connectivity index (χ1) is 22.8. The average Bonchev–Trinajstić information content (AvgIpc) is 3.45. The van der Waals surface area contributed by atoms with Crippen molar-refractivity contribution in [3.63, 3.8) is 0 Å². The number of hydrogen-bond acceptors (Lipinski definition) is 1. The van der Waals surface area contributed by atoms with Crippen molar-refractivity contribution in [3.05, 3.63) is 164 Å². The van der Waals surface area contributed by atoms with Crippen LogP contribution in [0.2, 0.25) is 0 Å². The molecular formula is C44H27NS. The lowest BCUT2D eigenvalue weighted by Gasteiger charge is -2.22. The predicted octanol–water partition coefficient (Wildman–Crippen LogP) is 12.6. The minimum absolute atomic E-state index is 1.17. The van der Waals surface area contributed by atoms with Gasteiger partial charge in [-0.15, -0.1) is 0 Å². The second-order valence-corrected chi connectivity index (χ2v) is 13.2. The molecule has 1 nitrogen and oxygen atoms in total. The zero-order chi connectivity index (χ0) is 30.2. The molecule has 0 bridgehead atoms. The third-order valence-electron chi connectivity index (χ3n) is 9.56. The summed E-state index contributed by atoms with van der Waals surface area (Å²) in [6, 6.07) is 60.2. The molecule has 10 rings (SSSR count). The lowest BCUT2D eigenvalue weighted by atomic mass is 9.90. The Morgan fingerprint density at radius 2 is 1.13 bits per heavy atom. The van der Waals surface area contributed by atoms with E-state index >= 15 is 0 Å². The summed E-state index contributed by atoms with van der Waals surface area (Å²) in [7, 11) is 0. The van der Waals surface area contributed by atoms with Crippen LogP contribution in [-0.2, 0) is 0 Å². The van der Waals surface area contributed by atoms with Crippen molar-refractivity contribution in [1.82, 2.24) is 4.57 Å². The third-order valence-corrected chi connectivity index (χ3v) is 10.7. The van der Waals surface area contributed by atoms with Crippen molar-refractivity contribution >= 4 is 55.1 Å². The van der Waals surface area contributed by atoms with Gasteiger partial charge in [0.05, 0.1) is 11.0 Å². The molecule has 0 N–H and O–H groups in total. The molecule has 0 aliphatic carbocycles. The van der Waals surface area contributed by atoms with Crippen LogP contribution in [0.1, 0.15) is 0 Å². The molecule has 0 unspecified atom stereocenters. The summed E-state index contributed by atoms with van der Waals surface area (Å²) in [6.45, 7) is 0. The number of para-hydroxylation sites is 2. The fourth-order valence-electron chi connectivity index (χ4n) is 7.60. The van der Waals surface area contributed by atoms with E-state index in [2.05, 4.69) is 168 Å². The quantitative estimate of drug-likeness (QED) is 0.195. The van der Waals surface area contributed by atoms with Crippen LogP contribution in [0.3, 0.4) is 0 Å². The van der Waals surface area contributed by atoms with Gasteiger partial charge in [0.25, 0.3) is 0 Å². The molecule has 8 aromatic carbocycles. The molecule has 1 aliphatic rings. The fourth-order valence-corrected chi connectivity index (χ4v) is 8.73. The molecular weight excluding hydrogens is 575 g/mol. The lowest BCUT2D eigenvalue weighted by Crippen LogP contribution is -1.96. The Kier molecular flexibility index (Phi) is 5.58. The van der Waals surface area contributed by atoms with Gasteiger partial charge in [-0.25, -0.2) is 0 Å². The van der Waals surface area contributed by atoms with E-state index in [0.717, 1.165) is 0 Å². The van der Waals surface area contributed by atoms with E-state index < -0.39 is 0 Å². The van der Waals surface area contributed by atoms with Crippen LogP contribution in [-0.4, -0.2) is 4.57 Å². The van der Waals surface area contributed by atoms with E-state index in [4.69, 9.17) is 0 Å². The monoisotopic (exact) mass is 601 g/mol. The van der Waals surface area contributed by atoms with Gasteiger partial charge in [-0.05, 0) is 86.4 Å². The van der Waals surface area contributed by atoms with Crippen LogP contribution >= 0.6 is 11.8 Å². The zero-order valence-electron chi connectivity index (χ0n) is 24.9. The Morgan fingerprint density at radius 1 is 0.413 bits per heavy atom. The van der Waals surface area contributed by atoms with Gasteiger partial charge >= 0.3 is 0 Å². The Morgan fingerprint density at radius 3 is 2.07 bits per heavy atom. The molecule has 46 heavy (non-hydrogen) atoms. The van der Waals surface area contributed by atoms with E-state index in [1.807, 2.05) is 11.8 Å². The Labute approximate surface area is 271 Å². The van der Waals surface area contributed by atoms with Gasteiger partial charge < -0.3 is 4.57 Å². The molecule has 0 fully saturated rings. The third kappa shape index (κ3) is 3.71. The van der Waals surface area contributed by atoms with Gasteiger partial charge in [-0.1, -0.05) is 133 Å². The molecule has 0 radical (unpaired) electrons. The van der Waals surface area contributed by atoms with Crippen LogP contribution in [0.4, 0.5) is 0 Å². The van der Waals surface area contributed by atoms with Crippen LogP contribution in [0, 0.1) is 0 Å². The maximum Gasteiger partial charge on any atom is 0.0625 e. The maximum atomic E-state index is 2.45. The Hall–Kier alpha value is -5.57. The minimum Gasteiger partial charge on any atom is -0.309 e. The topological polar surface area (TPSA) is 4.93 Å². The molecule has 1 aromatic heterocycles. The highest BCUT2D eigenvalue weighted by atomic mass is 32.2. The van der Waals surface area contributed by atoms with E-state index in [0.29, 0.717) is 0 Å². The first-order valence-corrected chi connectivity index (χ1v) is 16.6. The number of hydrogen-bond donors (Lipinski definition) is 0. The van der Waals surface area contributed by atoms with E-state index in [9.17, 15) is 0 Å². The minimum atomic E-state index is 1.17. The first-order valence-electron chi connectivity index (χ1n) is 15.8. The molecule has 2 heteroatoms. The normalized spacial score (nSPS) is 12.3. The largest absolute Gasteiger partial charge is 0.309 e. The molecule has 0 saturated heterocycles. The number of fused-ring (bicyclic) bond motifs is 6. The van der Waals surface area contributed by atoms with Crippen LogP contribution in [0.5, 0.6) is 0 Å². The summed E-state index contributed by atoms with van der Waals surface area (Å²) in [5.74, 6) is 0. The van der Waals surface area contributed by atoms with Gasteiger partial charge in [-0.2, -0.15) is 0 Å². The molecule has 9 aromatic rings. The van der Waals surface area contributed by atoms with Gasteiger partial charge in [0.15, 0.2) is 0 Å². The first kappa shape index (κ1) is 25.7. The van der Waals surface area contributed by atoms with Crippen molar-refractivity contribution in [2.75, 3.05) is 0 Å². The van der Waals surface area contributed by atoms with Gasteiger partial charge in [-0.3, -0.25) is 0 Å². The molecule has 0 atom stereocenters. The smallest absolute Gasteiger partial charge is 0.0625 e. The van der Waals surface area contributed by atoms with Gasteiger partial charge in [0.1, 0.15) is 0 Å². The second-order valence-electron chi connectivity index (χ2n) is 12.1. The van der Waals surface area contributed by atoms with Gasteiger partial charge in [0, 0.05) is 37.2 Å². The summed E-state index contributed by atoms with van der Waals surface area (Å²) in [5.41, 5.74) is 11.3. The molecule has 1 aliphatic heterocycles. The number of nitrogens with zero attached hydrogens (tertiary/aromatic N) is 1. The SMILES string of the molecule is c1ccc(-n2c3ccccc3c3cc4ccccc4c(-c4cccc(-c5ccc6c7c(cccc57)-c5ccccc5S6)c4)c32)cc1. The highest BCUT2D eigenvalue weighted by Gasteiger charge is 2.22. The predicted molar refractivity (Wildman–Crippen MR) is 196 cm³/mol. The molecule has 2 heterocycles. The highest BCUT2D eigenvalue weighted by molar-refractivity contribution is 7.99. The second kappa shape index (κ2) is 9.97. The summed E-state index contributed by atoms with van der Waals surface area (Å²) < 4.78 is 2.45. The molecule has 214 valence electrons. The van der Waals surface area contributed by atoms with Crippen molar-refractivity contribution in [1.29, 1.82) is 0 Å². The van der Waals surface area contributed by atoms with Gasteiger partial charge in [0.2, 0.25) is 0 Å². The number of aromatic nitrogens is 1. The highest BCUT2D eigenvalue weighted by Crippen LogP contribution is 2.50. The summed E-state index contributed by atoms with van der Waals surface area (Å²) in [4.78, 5) is 2.65.